The average molecular weight is 527 g/mol. The molecule has 0 amide bonds. The van der Waals surface area contributed by atoms with Gasteiger partial charge in [-0.25, -0.2) is 4.79 Å². The second kappa shape index (κ2) is 14.6. The number of benzene rings is 1. The Hall–Kier alpha value is -2.93. The highest BCUT2D eigenvalue weighted by molar-refractivity contribution is 8.14. The number of hydrogen-bond donors (Lipinski definition) is 0. The van der Waals surface area contributed by atoms with Crippen molar-refractivity contribution in [2.75, 3.05) is 20.3 Å². The van der Waals surface area contributed by atoms with E-state index in [1.54, 1.807) is 30.3 Å². The molecule has 1 unspecified atom stereocenters. The van der Waals surface area contributed by atoms with Crippen LogP contribution in [0.3, 0.4) is 0 Å². The van der Waals surface area contributed by atoms with Crippen LogP contribution in [-0.2, 0) is 42.8 Å². The largest absolute Gasteiger partial charge is 0.463 e. The number of para-hydroxylation sites is 1. The zero-order chi connectivity index (χ0) is 26.7. The van der Waals surface area contributed by atoms with Gasteiger partial charge in [0.2, 0.25) is 0 Å². The quantitative estimate of drug-likeness (QED) is 0.238. The summed E-state index contributed by atoms with van der Waals surface area (Å²) in [4.78, 5) is 47.4. The molecule has 0 aromatic heterocycles. The Morgan fingerprint density at radius 3 is 2.19 bits per heavy atom. The highest BCUT2D eigenvalue weighted by Gasteiger charge is 2.51. The highest BCUT2D eigenvalue weighted by atomic mass is 32.2. The maximum absolute atomic E-state index is 12.4. The summed E-state index contributed by atoms with van der Waals surface area (Å²) >= 11 is 0.828. The van der Waals surface area contributed by atoms with Gasteiger partial charge in [-0.1, -0.05) is 24.3 Å². The number of ether oxygens (including phenoxy) is 7. The summed E-state index contributed by atoms with van der Waals surface area (Å²) in [6.45, 7) is 6.94. The molecule has 2 rings (SSSR count). The Labute approximate surface area is 213 Å². The van der Waals surface area contributed by atoms with Crippen molar-refractivity contribution in [3.05, 3.63) is 43.0 Å². The van der Waals surface area contributed by atoms with Gasteiger partial charge in [0, 0.05) is 27.9 Å². The van der Waals surface area contributed by atoms with Gasteiger partial charge in [-0.15, -0.1) is 6.58 Å². The van der Waals surface area contributed by atoms with Crippen LogP contribution in [0.15, 0.2) is 43.0 Å². The zero-order valence-electron chi connectivity index (χ0n) is 20.4. The van der Waals surface area contributed by atoms with E-state index in [0.29, 0.717) is 5.75 Å². The summed E-state index contributed by atoms with van der Waals surface area (Å²) in [5.74, 6) is -1.51. The third kappa shape index (κ3) is 9.26. The molecule has 6 atom stereocenters. The molecule has 1 fully saturated rings. The molecule has 0 saturated carbocycles. The van der Waals surface area contributed by atoms with Gasteiger partial charge in [-0.05, 0) is 23.9 Å². The van der Waals surface area contributed by atoms with E-state index in [9.17, 15) is 19.2 Å². The molecule has 1 heterocycles. The first-order valence-corrected chi connectivity index (χ1v) is 11.9. The summed E-state index contributed by atoms with van der Waals surface area (Å²) in [7, 11) is 1.33. The highest BCUT2D eigenvalue weighted by Crippen LogP contribution is 2.30. The number of carbonyl (C=O) groups excluding carboxylic acids is 4. The Morgan fingerprint density at radius 1 is 1.00 bits per heavy atom. The molecule has 0 bridgehead atoms. The smallest absolute Gasteiger partial charge is 0.373 e. The first-order chi connectivity index (χ1) is 17.1. The molecule has 1 aliphatic heterocycles. The van der Waals surface area contributed by atoms with Crippen molar-refractivity contribution in [1.82, 2.24) is 0 Å². The van der Waals surface area contributed by atoms with E-state index in [1.165, 1.54) is 34.0 Å². The van der Waals surface area contributed by atoms with Gasteiger partial charge in [0.15, 0.2) is 18.5 Å². The van der Waals surface area contributed by atoms with Crippen molar-refractivity contribution in [2.24, 2.45) is 0 Å². The number of thioether (sulfide) groups is 1. The first-order valence-electron chi connectivity index (χ1n) is 11.0. The predicted octanol–water partition coefficient (Wildman–Crippen LogP) is 2.66. The van der Waals surface area contributed by atoms with E-state index in [4.69, 9.17) is 33.2 Å². The van der Waals surface area contributed by atoms with Crippen LogP contribution in [0.25, 0.3) is 0 Å². The molecule has 0 aliphatic carbocycles. The van der Waals surface area contributed by atoms with Crippen molar-refractivity contribution < 1.29 is 52.3 Å². The number of methoxy groups -OCH3 is 1. The van der Waals surface area contributed by atoms with E-state index in [0.717, 1.165) is 11.8 Å². The van der Waals surface area contributed by atoms with Crippen LogP contribution in [0, 0.1) is 0 Å². The fourth-order valence-corrected chi connectivity index (χ4v) is 3.97. The van der Waals surface area contributed by atoms with Crippen LogP contribution in [0.5, 0.6) is 5.75 Å². The van der Waals surface area contributed by atoms with Crippen molar-refractivity contribution >= 4 is 35.0 Å². The molecule has 0 N–H and O–H groups in total. The number of esters is 3. The van der Waals surface area contributed by atoms with E-state index >= 15 is 0 Å². The maximum Gasteiger partial charge on any atom is 0.373 e. The van der Waals surface area contributed by atoms with Gasteiger partial charge in [0.05, 0.1) is 11.9 Å². The maximum atomic E-state index is 12.4. The fourth-order valence-electron chi connectivity index (χ4n) is 3.33. The molecule has 12 heteroatoms. The van der Waals surface area contributed by atoms with Crippen LogP contribution in [-0.4, -0.2) is 79.5 Å². The number of hydrogen-bond acceptors (Lipinski definition) is 12. The van der Waals surface area contributed by atoms with Crippen LogP contribution in [0.1, 0.15) is 20.8 Å². The summed E-state index contributed by atoms with van der Waals surface area (Å²) in [6.07, 6.45) is -3.99. The summed E-state index contributed by atoms with van der Waals surface area (Å²) in [5, 5.41) is -1.16. The van der Waals surface area contributed by atoms with Crippen molar-refractivity contribution in [3.63, 3.8) is 0 Å². The minimum atomic E-state index is -1.14. The van der Waals surface area contributed by atoms with Crippen LogP contribution >= 0.6 is 11.8 Å². The Morgan fingerprint density at radius 2 is 1.64 bits per heavy atom. The van der Waals surface area contributed by atoms with Gasteiger partial charge in [-0.2, -0.15) is 0 Å². The lowest BCUT2D eigenvalue weighted by molar-refractivity contribution is -0.306. The third-order valence-corrected chi connectivity index (χ3v) is 5.69. The molecule has 36 heavy (non-hydrogen) atoms. The fraction of sp³-hybridized carbons (Fsp3) is 0.500. The lowest BCUT2D eigenvalue weighted by Crippen LogP contribution is -2.62. The third-order valence-electron chi connectivity index (χ3n) is 4.79. The summed E-state index contributed by atoms with van der Waals surface area (Å²) < 4.78 is 38.3. The minimum Gasteiger partial charge on any atom is -0.463 e. The topological polar surface area (TPSA) is 133 Å². The van der Waals surface area contributed by atoms with Crippen molar-refractivity contribution in [1.29, 1.82) is 0 Å². The van der Waals surface area contributed by atoms with Crippen LogP contribution < -0.4 is 4.74 Å². The molecular weight excluding hydrogens is 496 g/mol. The Kier molecular flexibility index (Phi) is 11.9. The monoisotopic (exact) mass is 526 g/mol. The molecule has 1 saturated heterocycles. The van der Waals surface area contributed by atoms with E-state index in [-0.39, 0.29) is 13.2 Å². The average Bonchev–Trinajstić information content (AvgIpc) is 2.82. The second-order valence-electron chi connectivity index (χ2n) is 7.58. The Bertz CT molecular complexity index is 907. The molecular formula is C24H30O11S. The second-order valence-corrected chi connectivity index (χ2v) is 8.76. The normalized spacial score (nSPS) is 24.2. The van der Waals surface area contributed by atoms with Crippen LogP contribution in [0.4, 0.5) is 4.79 Å². The molecule has 0 radical (unpaired) electrons. The molecule has 11 nitrogen and oxygen atoms in total. The molecule has 0 spiro atoms. The van der Waals surface area contributed by atoms with Gasteiger partial charge >= 0.3 is 23.2 Å². The predicted molar refractivity (Wildman–Crippen MR) is 127 cm³/mol. The zero-order valence-corrected chi connectivity index (χ0v) is 21.3. The lowest BCUT2D eigenvalue weighted by atomic mass is 9.98. The summed E-state index contributed by atoms with van der Waals surface area (Å²) in [6, 6.07) is 8.54. The van der Waals surface area contributed by atoms with Gasteiger partial charge < -0.3 is 33.2 Å². The van der Waals surface area contributed by atoms with Gasteiger partial charge in [0.1, 0.15) is 24.6 Å². The van der Waals surface area contributed by atoms with Gasteiger partial charge in [-0.3, -0.25) is 14.4 Å². The lowest BCUT2D eigenvalue weighted by Gasteiger charge is -2.44. The van der Waals surface area contributed by atoms with Gasteiger partial charge in [0.25, 0.3) is 0 Å². The molecule has 198 valence electrons. The van der Waals surface area contributed by atoms with Crippen molar-refractivity contribution in [3.8, 4) is 5.75 Å². The summed E-state index contributed by atoms with van der Waals surface area (Å²) in [5.41, 5.74) is 0. The molecule has 1 aliphatic rings. The molecule has 1 aromatic carbocycles. The SMILES string of the molecule is C=CC(CO[C@@H]1[C@@H](OC(C)=O)[C@H](OC)O[C@H](COC(C)=O)[C@H]1OC(C)=O)SC(=O)Oc1ccccc1. The number of rotatable bonds is 11. The minimum absolute atomic E-state index is 0.102. The van der Waals surface area contributed by atoms with Crippen LogP contribution in [0.2, 0.25) is 0 Å². The Balaban J connectivity index is 2.21. The van der Waals surface area contributed by atoms with E-state index < -0.39 is 59.2 Å². The van der Waals surface area contributed by atoms with Crippen molar-refractivity contribution in [2.45, 2.75) is 56.7 Å². The van der Waals surface area contributed by atoms with E-state index in [1.807, 2.05) is 0 Å². The standard InChI is InChI=1S/C24H30O11S/c1-6-18(36-24(28)34-17-10-8-7-9-11-17)12-31-21-20(32-15(3)26)19(13-30-14(2)25)35-23(29-5)22(21)33-16(4)27/h6-11,18-23H,1,12-13H2,2-5H3/t18?,19-,20-,21+,22-,23-/m1/s1. The first kappa shape index (κ1) is 29.3. The number of carbonyl (C=O) groups is 4. The van der Waals surface area contributed by atoms with E-state index in [2.05, 4.69) is 6.58 Å². The molecule has 1 aromatic rings.